The second-order valence-electron chi connectivity index (χ2n) is 7.95. The second-order valence-corrected chi connectivity index (χ2v) is 8.98. The Hall–Kier alpha value is -3.51. The van der Waals surface area contributed by atoms with Gasteiger partial charge >= 0.3 is 6.03 Å². The lowest BCUT2D eigenvalue weighted by Gasteiger charge is -2.17. The number of anilines is 1. The maximum Gasteiger partial charge on any atom is 0.321 e. The molecule has 0 bridgehead atoms. The van der Waals surface area contributed by atoms with E-state index in [9.17, 15) is 4.79 Å². The molecule has 1 N–H and O–H groups in total. The second kappa shape index (κ2) is 7.32. The molecule has 5 aromatic rings. The van der Waals surface area contributed by atoms with Crippen molar-refractivity contribution in [2.24, 2.45) is 0 Å². The molecule has 3 aromatic carbocycles. The lowest BCUT2D eigenvalue weighted by Crippen LogP contribution is -2.32. The van der Waals surface area contributed by atoms with Crippen LogP contribution in [0.25, 0.3) is 31.5 Å². The lowest BCUT2D eigenvalue weighted by molar-refractivity contribution is 0.222. The molecule has 5 nitrogen and oxygen atoms in total. The van der Waals surface area contributed by atoms with Gasteiger partial charge in [-0.15, -0.1) is 11.3 Å². The third-order valence-electron chi connectivity index (χ3n) is 5.98. The monoisotopic (exact) mass is 424 g/mol. The van der Waals surface area contributed by atoms with Crippen molar-refractivity contribution in [1.82, 2.24) is 14.9 Å². The fraction of sp³-hybridized carbons (Fsp3) is 0.160. The number of nitrogens with one attached hydrogen (secondary N) is 1. The summed E-state index contributed by atoms with van der Waals surface area (Å²) in [6, 6.07) is 24.3. The number of para-hydroxylation sites is 2. The molecular weight excluding hydrogens is 404 g/mol. The normalized spacial score (nSPS) is 16.4. The van der Waals surface area contributed by atoms with Crippen molar-refractivity contribution in [3.05, 3.63) is 78.4 Å². The van der Waals surface area contributed by atoms with E-state index in [1.54, 1.807) is 11.3 Å². The summed E-state index contributed by atoms with van der Waals surface area (Å²) in [5.74, 6) is 0.402. The van der Waals surface area contributed by atoms with Crippen molar-refractivity contribution in [2.75, 3.05) is 18.4 Å². The number of thiophene rings is 1. The topological polar surface area (TPSA) is 58.1 Å². The zero-order chi connectivity index (χ0) is 20.8. The molecule has 6 heteroatoms. The number of aromatic nitrogens is 2. The van der Waals surface area contributed by atoms with Crippen LogP contribution in [0.5, 0.6) is 0 Å². The Kier molecular flexibility index (Phi) is 4.32. The smallest absolute Gasteiger partial charge is 0.321 e. The highest BCUT2D eigenvalue weighted by molar-refractivity contribution is 7.25. The number of fused-ring (bicyclic) bond motifs is 4. The van der Waals surface area contributed by atoms with Crippen LogP contribution in [0.3, 0.4) is 0 Å². The Morgan fingerprint density at radius 3 is 2.58 bits per heavy atom. The Bertz CT molecular complexity index is 1430. The number of benzene rings is 3. The molecule has 2 aromatic heterocycles. The SMILES string of the molecule is O=C(Nc1ccc2sc3nc4ccccc4nc3c2c1)N1CC[C@@H](c2ccccc2)C1. The number of hydrogen-bond acceptors (Lipinski definition) is 4. The molecule has 152 valence electrons. The van der Waals surface area contributed by atoms with Gasteiger partial charge in [-0.1, -0.05) is 42.5 Å². The van der Waals surface area contributed by atoms with Gasteiger partial charge in [0.1, 0.15) is 10.3 Å². The molecule has 6 rings (SSSR count). The number of likely N-dealkylation sites (tertiary alicyclic amines) is 1. The van der Waals surface area contributed by atoms with Crippen LogP contribution < -0.4 is 5.32 Å². The van der Waals surface area contributed by atoms with Gasteiger partial charge in [-0.25, -0.2) is 14.8 Å². The highest BCUT2D eigenvalue weighted by Gasteiger charge is 2.27. The van der Waals surface area contributed by atoms with Gasteiger partial charge in [0, 0.05) is 34.8 Å². The minimum atomic E-state index is -0.0474. The fourth-order valence-electron chi connectivity index (χ4n) is 4.36. The van der Waals surface area contributed by atoms with Gasteiger partial charge in [0.05, 0.1) is 11.0 Å². The average Bonchev–Trinajstić information content (AvgIpc) is 3.43. The zero-order valence-electron chi connectivity index (χ0n) is 16.8. The van der Waals surface area contributed by atoms with E-state index >= 15 is 0 Å². The van der Waals surface area contributed by atoms with Crippen LogP contribution in [0.15, 0.2) is 72.8 Å². The molecule has 0 radical (unpaired) electrons. The summed E-state index contributed by atoms with van der Waals surface area (Å²) in [6.45, 7) is 1.52. The summed E-state index contributed by atoms with van der Waals surface area (Å²) >= 11 is 1.63. The van der Waals surface area contributed by atoms with Gasteiger partial charge in [-0.2, -0.15) is 0 Å². The van der Waals surface area contributed by atoms with Crippen molar-refractivity contribution < 1.29 is 4.79 Å². The number of carbonyl (C=O) groups excluding carboxylic acids is 1. The first-order valence-electron chi connectivity index (χ1n) is 10.4. The predicted octanol–water partition coefficient (Wildman–Crippen LogP) is 6.02. The number of hydrogen-bond donors (Lipinski definition) is 1. The largest absolute Gasteiger partial charge is 0.324 e. The number of urea groups is 1. The average molecular weight is 425 g/mol. The molecule has 0 spiro atoms. The molecule has 2 amide bonds. The van der Waals surface area contributed by atoms with Gasteiger partial charge in [0.2, 0.25) is 0 Å². The molecule has 31 heavy (non-hydrogen) atoms. The third-order valence-corrected chi connectivity index (χ3v) is 7.03. The number of rotatable bonds is 2. The van der Waals surface area contributed by atoms with Crippen molar-refractivity contribution in [1.29, 1.82) is 0 Å². The molecule has 1 aliphatic heterocycles. The van der Waals surface area contributed by atoms with Crippen LogP contribution in [-0.4, -0.2) is 34.0 Å². The van der Waals surface area contributed by atoms with Gasteiger partial charge in [0.25, 0.3) is 0 Å². The molecule has 1 aliphatic rings. The molecule has 0 unspecified atom stereocenters. The van der Waals surface area contributed by atoms with Crippen molar-refractivity contribution in [3.63, 3.8) is 0 Å². The van der Waals surface area contributed by atoms with Crippen molar-refractivity contribution >= 4 is 54.5 Å². The van der Waals surface area contributed by atoms with Gasteiger partial charge < -0.3 is 10.2 Å². The first kappa shape index (κ1) is 18.3. The van der Waals surface area contributed by atoms with Gasteiger partial charge in [-0.05, 0) is 42.3 Å². The van der Waals surface area contributed by atoms with E-state index in [1.807, 2.05) is 53.4 Å². The Morgan fingerprint density at radius 1 is 0.968 bits per heavy atom. The Morgan fingerprint density at radius 2 is 1.74 bits per heavy atom. The maximum atomic E-state index is 12.9. The van der Waals surface area contributed by atoms with E-state index in [0.717, 1.165) is 56.7 Å². The molecule has 0 aliphatic carbocycles. The number of carbonyl (C=O) groups is 1. The molecule has 0 saturated carbocycles. The van der Waals surface area contributed by atoms with E-state index in [0.29, 0.717) is 5.92 Å². The summed E-state index contributed by atoms with van der Waals surface area (Å²) < 4.78 is 1.12. The number of amides is 2. The van der Waals surface area contributed by atoms with E-state index < -0.39 is 0 Å². The summed E-state index contributed by atoms with van der Waals surface area (Å²) in [7, 11) is 0. The number of nitrogens with zero attached hydrogens (tertiary/aromatic N) is 3. The third kappa shape index (κ3) is 3.29. The Balaban J connectivity index is 1.27. The lowest BCUT2D eigenvalue weighted by atomic mass is 9.99. The zero-order valence-corrected chi connectivity index (χ0v) is 17.6. The van der Waals surface area contributed by atoms with E-state index in [-0.39, 0.29) is 6.03 Å². The first-order valence-corrected chi connectivity index (χ1v) is 11.3. The van der Waals surface area contributed by atoms with Gasteiger partial charge in [0.15, 0.2) is 0 Å². The highest BCUT2D eigenvalue weighted by atomic mass is 32.1. The summed E-state index contributed by atoms with van der Waals surface area (Å²) in [5.41, 5.74) is 4.76. The van der Waals surface area contributed by atoms with Crippen molar-refractivity contribution in [2.45, 2.75) is 12.3 Å². The maximum absolute atomic E-state index is 12.9. The summed E-state index contributed by atoms with van der Waals surface area (Å²) in [6.07, 6.45) is 0.994. The minimum absolute atomic E-state index is 0.0474. The van der Waals surface area contributed by atoms with Crippen LogP contribution in [0.2, 0.25) is 0 Å². The van der Waals surface area contributed by atoms with Crippen LogP contribution in [0.1, 0.15) is 17.9 Å². The molecule has 3 heterocycles. The quantitative estimate of drug-likeness (QED) is 0.377. The van der Waals surface area contributed by atoms with Crippen LogP contribution in [0.4, 0.5) is 10.5 Å². The Labute approximate surface area is 183 Å². The van der Waals surface area contributed by atoms with Crippen LogP contribution >= 0.6 is 11.3 Å². The van der Waals surface area contributed by atoms with Gasteiger partial charge in [-0.3, -0.25) is 0 Å². The van der Waals surface area contributed by atoms with Crippen LogP contribution in [0, 0.1) is 0 Å². The first-order chi connectivity index (χ1) is 15.2. The molecule has 1 saturated heterocycles. The molecule has 1 atom stereocenters. The fourth-order valence-corrected chi connectivity index (χ4v) is 5.37. The minimum Gasteiger partial charge on any atom is -0.324 e. The van der Waals surface area contributed by atoms with E-state index in [1.165, 1.54) is 5.56 Å². The molecular formula is C25H20N4OS. The molecule has 1 fully saturated rings. The highest BCUT2D eigenvalue weighted by Crippen LogP contribution is 2.34. The van der Waals surface area contributed by atoms with E-state index in [4.69, 9.17) is 9.97 Å². The standard InChI is InChI=1S/C25H20N4OS/c30-25(29-13-12-17(15-29)16-6-2-1-3-7-16)26-18-10-11-22-19(14-18)23-24(31-22)28-21-9-5-4-8-20(21)27-23/h1-11,14,17H,12-13,15H2,(H,26,30)/t17-/m1/s1. The van der Waals surface area contributed by atoms with Crippen molar-refractivity contribution in [3.8, 4) is 0 Å². The predicted molar refractivity (Wildman–Crippen MR) is 127 cm³/mol. The summed E-state index contributed by atoms with van der Waals surface area (Å²) in [4.78, 5) is 25.3. The van der Waals surface area contributed by atoms with E-state index in [2.05, 4.69) is 29.6 Å². The van der Waals surface area contributed by atoms with Crippen LogP contribution in [-0.2, 0) is 0 Å². The summed E-state index contributed by atoms with van der Waals surface area (Å²) in [5, 5.41) is 4.11.